The van der Waals surface area contributed by atoms with Crippen LogP contribution in [-0.2, 0) is 0 Å². The number of carbonyl (C=O) groups excluding carboxylic acids is 1. The molecule has 2 amide bonds. The lowest BCUT2D eigenvalue weighted by molar-refractivity contribution is 0.245. The number of amides is 2. The molecule has 2 saturated carbocycles. The minimum Gasteiger partial charge on any atom is -0.335 e. The van der Waals surface area contributed by atoms with Gasteiger partial charge in [-0.2, -0.15) is 0 Å². The summed E-state index contributed by atoms with van der Waals surface area (Å²) in [5.74, 6) is 1.43. The largest absolute Gasteiger partial charge is 0.335 e. The molecule has 0 bridgehead atoms. The van der Waals surface area contributed by atoms with Crippen molar-refractivity contribution in [3.63, 3.8) is 0 Å². The second-order valence-electron chi connectivity index (χ2n) is 6.21. The van der Waals surface area contributed by atoms with Gasteiger partial charge < -0.3 is 16.4 Å². The van der Waals surface area contributed by atoms with Crippen molar-refractivity contribution >= 4 is 11.7 Å². The second kappa shape index (κ2) is 5.44. The molecule has 1 atom stereocenters. The predicted octanol–water partition coefficient (Wildman–Crippen LogP) is 3.02. The van der Waals surface area contributed by atoms with E-state index in [9.17, 15) is 4.79 Å². The SMILES string of the molecule is CC(N)c1ccc(NC(=O)NC(C2CC2)C2CC2)cc1. The van der Waals surface area contributed by atoms with E-state index in [1.807, 2.05) is 31.2 Å². The van der Waals surface area contributed by atoms with Crippen LogP contribution in [0.1, 0.15) is 44.2 Å². The van der Waals surface area contributed by atoms with Crippen LogP contribution in [0.4, 0.5) is 10.5 Å². The van der Waals surface area contributed by atoms with Gasteiger partial charge in [0.2, 0.25) is 0 Å². The number of nitrogens with one attached hydrogen (secondary N) is 2. The molecule has 1 aromatic carbocycles. The standard InChI is InChI=1S/C16H23N3O/c1-10(17)11-6-8-14(9-7-11)18-16(20)19-15(12-2-3-12)13-4-5-13/h6-10,12-13,15H,2-5,17H2,1H3,(H2,18,19,20). The first-order chi connectivity index (χ1) is 9.63. The van der Waals surface area contributed by atoms with Gasteiger partial charge in [-0.1, -0.05) is 12.1 Å². The highest BCUT2D eigenvalue weighted by Gasteiger charge is 2.42. The van der Waals surface area contributed by atoms with Crippen LogP contribution in [0.5, 0.6) is 0 Å². The van der Waals surface area contributed by atoms with Gasteiger partial charge in [0.15, 0.2) is 0 Å². The van der Waals surface area contributed by atoms with Crippen molar-refractivity contribution in [2.75, 3.05) is 5.32 Å². The number of rotatable bonds is 5. The lowest BCUT2D eigenvalue weighted by atomic mass is 10.1. The van der Waals surface area contributed by atoms with Crippen molar-refractivity contribution in [2.24, 2.45) is 17.6 Å². The maximum atomic E-state index is 12.1. The zero-order chi connectivity index (χ0) is 14.1. The third-order valence-corrected chi connectivity index (χ3v) is 4.25. The highest BCUT2D eigenvalue weighted by Crippen LogP contribution is 2.44. The van der Waals surface area contributed by atoms with Gasteiger partial charge in [0.1, 0.15) is 0 Å². The Labute approximate surface area is 120 Å². The van der Waals surface area contributed by atoms with Crippen LogP contribution in [0.15, 0.2) is 24.3 Å². The first-order valence-electron chi connectivity index (χ1n) is 7.56. The molecule has 3 rings (SSSR count). The summed E-state index contributed by atoms with van der Waals surface area (Å²) in [5, 5.41) is 6.06. The zero-order valence-corrected chi connectivity index (χ0v) is 11.9. The van der Waals surface area contributed by atoms with Crippen LogP contribution in [0.25, 0.3) is 0 Å². The summed E-state index contributed by atoms with van der Waals surface area (Å²) in [7, 11) is 0. The van der Waals surface area contributed by atoms with Crippen LogP contribution < -0.4 is 16.4 Å². The fourth-order valence-electron chi connectivity index (χ4n) is 2.72. The minimum atomic E-state index is -0.0812. The van der Waals surface area contributed by atoms with E-state index in [2.05, 4.69) is 10.6 Å². The Morgan fingerprint density at radius 3 is 2.15 bits per heavy atom. The van der Waals surface area contributed by atoms with E-state index in [4.69, 9.17) is 5.73 Å². The number of carbonyl (C=O) groups is 1. The van der Waals surface area contributed by atoms with Gasteiger partial charge in [0, 0.05) is 17.8 Å². The summed E-state index contributed by atoms with van der Waals surface area (Å²) in [5.41, 5.74) is 7.70. The van der Waals surface area contributed by atoms with Gasteiger partial charge in [-0.25, -0.2) is 4.79 Å². The summed E-state index contributed by atoms with van der Waals surface area (Å²) in [6, 6.07) is 8.05. The summed E-state index contributed by atoms with van der Waals surface area (Å²) in [6.45, 7) is 1.95. The lowest BCUT2D eigenvalue weighted by Crippen LogP contribution is -2.40. The van der Waals surface area contributed by atoms with Crippen LogP contribution in [0.2, 0.25) is 0 Å². The number of hydrogen-bond acceptors (Lipinski definition) is 2. The minimum absolute atomic E-state index is 0.0204. The number of urea groups is 1. The van der Waals surface area contributed by atoms with Gasteiger partial charge >= 0.3 is 6.03 Å². The third-order valence-electron chi connectivity index (χ3n) is 4.25. The molecule has 108 valence electrons. The molecule has 2 fully saturated rings. The highest BCUT2D eigenvalue weighted by atomic mass is 16.2. The Kier molecular flexibility index (Phi) is 3.66. The van der Waals surface area contributed by atoms with Crippen molar-refractivity contribution in [3.05, 3.63) is 29.8 Å². The Hall–Kier alpha value is -1.55. The normalized spacial score (nSPS) is 19.8. The molecule has 1 unspecified atom stereocenters. The van der Waals surface area contributed by atoms with Crippen molar-refractivity contribution in [2.45, 2.75) is 44.7 Å². The number of anilines is 1. The second-order valence-corrected chi connectivity index (χ2v) is 6.21. The molecular formula is C16H23N3O. The Bertz CT molecular complexity index is 463. The predicted molar refractivity (Wildman–Crippen MR) is 80.4 cm³/mol. The molecule has 1 aromatic rings. The number of hydrogen-bond donors (Lipinski definition) is 3. The summed E-state index contributed by atoms with van der Waals surface area (Å²) in [6.07, 6.45) is 5.07. The Morgan fingerprint density at radius 1 is 1.15 bits per heavy atom. The van der Waals surface area contributed by atoms with Crippen molar-refractivity contribution < 1.29 is 4.79 Å². The maximum absolute atomic E-state index is 12.1. The summed E-state index contributed by atoms with van der Waals surface area (Å²) in [4.78, 5) is 12.1. The molecule has 0 heterocycles. The maximum Gasteiger partial charge on any atom is 0.319 e. The van der Waals surface area contributed by atoms with Crippen LogP contribution in [0.3, 0.4) is 0 Å². The van der Waals surface area contributed by atoms with Crippen molar-refractivity contribution in [1.82, 2.24) is 5.32 Å². The molecule has 0 saturated heterocycles. The van der Waals surface area contributed by atoms with Gasteiger partial charge in [-0.15, -0.1) is 0 Å². The number of benzene rings is 1. The average molecular weight is 273 g/mol. The van der Waals surface area contributed by atoms with Gasteiger partial charge in [0.25, 0.3) is 0 Å². The smallest absolute Gasteiger partial charge is 0.319 e. The van der Waals surface area contributed by atoms with Crippen LogP contribution in [-0.4, -0.2) is 12.1 Å². The molecule has 20 heavy (non-hydrogen) atoms. The molecule has 0 aromatic heterocycles. The molecule has 2 aliphatic rings. The average Bonchev–Trinajstić information content (AvgIpc) is 3.28. The van der Waals surface area contributed by atoms with Gasteiger partial charge in [-0.3, -0.25) is 0 Å². The monoisotopic (exact) mass is 273 g/mol. The highest BCUT2D eigenvalue weighted by molar-refractivity contribution is 5.89. The van der Waals surface area contributed by atoms with Gasteiger partial charge in [0.05, 0.1) is 0 Å². The third kappa shape index (κ3) is 3.31. The van der Waals surface area contributed by atoms with E-state index in [1.54, 1.807) is 0 Å². The van der Waals surface area contributed by atoms with Crippen LogP contribution >= 0.6 is 0 Å². The Balaban J connectivity index is 1.55. The quantitative estimate of drug-likeness (QED) is 0.772. The van der Waals surface area contributed by atoms with Crippen molar-refractivity contribution in [1.29, 1.82) is 0 Å². The zero-order valence-electron chi connectivity index (χ0n) is 11.9. The molecule has 0 radical (unpaired) electrons. The lowest BCUT2D eigenvalue weighted by Gasteiger charge is -2.18. The van der Waals surface area contributed by atoms with Crippen molar-refractivity contribution in [3.8, 4) is 0 Å². The Morgan fingerprint density at radius 2 is 1.70 bits per heavy atom. The fourth-order valence-corrected chi connectivity index (χ4v) is 2.72. The van der Waals surface area contributed by atoms with E-state index in [1.165, 1.54) is 25.7 Å². The van der Waals surface area contributed by atoms with E-state index in [0.717, 1.165) is 11.3 Å². The summed E-state index contributed by atoms with van der Waals surface area (Å²) < 4.78 is 0. The van der Waals surface area contributed by atoms with Crippen LogP contribution in [0, 0.1) is 11.8 Å². The van der Waals surface area contributed by atoms with E-state index in [0.29, 0.717) is 17.9 Å². The van der Waals surface area contributed by atoms with E-state index in [-0.39, 0.29) is 12.1 Å². The molecule has 0 aliphatic heterocycles. The molecule has 0 spiro atoms. The fraction of sp³-hybridized carbons (Fsp3) is 0.562. The topological polar surface area (TPSA) is 67.1 Å². The molecule has 2 aliphatic carbocycles. The molecular weight excluding hydrogens is 250 g/mol. The molecule has 4 nitrogen and oxygen atoms in total. The van der Waals surface area contributed by atoms with E-state index < -0.39 is 0 Å². The van der Waals surface area contributed by atoms with Gasteiger partial charge in [-0.05, 0) is 62.1 Å². The number of nitrogens with two attached hydrogens (primary N) is 1. The summed E-state index contributed by atoms with van der Waals surface area (Å²) >= 11 is 0. The molecule has 4 N–H and O–H groups in total. The first kappa shape index (κ1) is 13.4. The van der Waals surface area contributed by atoms with E-state index >= 15 is 0 Å². The molecule has 4 heteroatoms. The first-order valence-corrected chi connectivity index (χ1v) is 7.56.